The molecule has 23 heavy (non-hydrogen) atoms. The number of rotatable bonds is 5. The molecule has 0 saturated carbocycles. The van der Waals surface area contributed by atoms with E-state index < -0.39 is 0 Å². The number of pyridine rings is 1. The summed E-state index contributed by atoms with van der Waals surface area (Å²) in [6.45, 7) is 3.73. The molecule has 1 aliphatic rings. The SMILES string of the molecule is Cc1ccc([C@H]2[C@@H](c3ccccn3)NC(=S)N2CCN(C)C)o1. The summed E-state index contributed by atoms with van der Waals surface area (Å²) in [7, 11) is 4.13. The molecule has 2 atom stereocenters. The third kappa shape index (κ3) is 3.38. The molecule has 3 rings (SSSR count). The highest BCUT2D eigenvalue weighted by atomic mass is 32.1. The van der Waals surface area contributed by atoms with E-state index in [2.05, 4.69) is 34.2 Å². The second kappa shape index (κ2) is 6.68. The molecular formula is C17H22N4OS. The molecule has 1 N–H and O–H groups in total. The maximum absolute atomic E-state index is 5.92. The first-order chi connectivity index (χ1) is 11.1. The van der Waals surface area contributed by atoms with Crippen LogP contribution >= 0.6 is 12.2 Å². The lowest BCUT2D eigenvalue weighted by Crippen LogP contribution is -2.35. The molecule has 2 aromatic rings. The van der Waals surface area contributed by atoms with Crippen molar-refractivity contribution in [3.8, 4) is 0 Å². The van der Waals surface area contributed by atoms with Gasteiger partial charge in [0, 0.05) is 19.3 Å². The molecule has 6 heteroatoms. The van der Waals surface area contributed by atoms with Crippen molar-refractivity contribution >= 4 is 17.3 Å². The van der Waals surface area contributed by atoms with Gasteiger partial charge < -0.3 is 19.5 Å². The second-order valence-electron chi connectivity index (χ2n) is 6.07. The van der Waals surface area contributed by atoms with Crippen molar-refractivity contribution in [3.63, 3.8) is 0 Å². The standard InChI is InChI=1S/C17H22N4OS/c1-12-7-8-14(22-12)16-15(13-6-4-5-9-18-13)19-17(23)21(16)11-10-20(2)3/h4-9,15-16H,10-11H2,1-3H3,(H,19,23)/t15-,16+/m1/s1. The fraction of sp³-hybridized carbons (Fsp3) is 0.412. The Morgan fingerprint density at radius 3 is 2.74 bits per heavy atom. The van der Waals surface area contributed by atoms with Crippen LogP contribution in [0.5, 0.6) is 0 Å². The van der Waals surface area contributed by atoms with Gasteiger partial charge in [0.05, 0.1) is 11.7 Å². The van der Waals surface area contributed by atoms with Gasteiger partial charge in [-0.25, -0.2) is 0 Å². The van der Waals surface area contributed by atoms with Gasteiger partial charge in [-0.3, -0.25) is 4.98 Å². The van der Waals surface area contributed by atoms with Crippen molar-refractivity contribution in [1.82, 2.24) is 20.1 Å². The van der Waals surface area contributed by atoms with E-state index in [0.717, 1.165) is 35.4 Å². The molecule has 122 valence electrons. The molecule has 3 heterocycles. The van der Waals surface area contributed by atoms with Crippen molar-refractivity contribution in [2.45, 2.75) is 19.0 Å². The zero-order valence-corrected chi connectivity index (χ0v) is 14.5. The Bertz CT molecular complexity index is 670. The molecule has 1 fully saturated rings. The molecule has 2 aromatic heterocycles. The summed E-state index contributed by atoms with van der Waals surface area (Å²) in [4.78, 5) is 8.86. The topological polar surface area (TPSA) is 44.5 Å². The quantitative estimate of drug-likeness (QED) is 0.850. The Hall–Kier alpha value is -1.92. The molecule has 0 spiro atoms. The van der Waals surface area contributed by atoms with Crippen LogP contribution in [0.2, 0.25) is 0 Å². The maximum atomic E-state index is 5.92. The highest BCUT2D eigenvalue weighted by molar-refractivity contribution is 7.80. The number of nitrogens with zero attached hydrogens (tertiary/aromatic N) is 3. The van der Waals surface area contributed by atoms with Crippen LogP contribution < -0.4 is 5.32 Å². The number of aryl methyl sites for hydroxylation is 1. The number of nitrogens with one attached hydrogen (secondary N) is 1. The molecule has 1 saturated heterocycles. The largest absolute Gasteiger partial charge is 0.464 e. The Kier molecular flexibility index (Phi) is 4.63. The van der Waals surface area contributed by atoms with Gasteiger partial charge in [-0.15, -0.1) is 0 Å². The molecule has 1 aliphatic heterocycles. The van der Waals surface area contributed by atoms with E-state index in [4.69, 9.17) is 16.6 Å². The van der Waals surface area contributed by atoms with Gasteiger partial charge in [-0.05, 0) is 57.5 Å². The Balaban J connectivity index is 1.94. The molecule has 0 aromatic carbocycles. The fourth-order valence-electron chi connectivity index (χ4n) is 2.88. The number of aromatic nitrogens is 1. The molecule has 5 nitrogen and oxygen atoms in total. The third-order valence-electron chi connectivity index (χ3n) is 4.04. The van der Waals surface area contributed by atoms with Crippen LogP contribution in [0.3, 0.4) is 0 Å². The van der Waals surface area contributed by atoms with E-state index in [1.807, 2.05) is 43.5 Å². The van der Waals surface area contributed by atoms with E-state index in [9.17, 15) is 0 Å². The number of hydrogen-bond donors (Lipinski definition) is 1. The zero-order valence-electron chi connectivity index (χ0n) is 13.7. The minimum Gasteiger partial charge on any atom is -0.464 e. The first-order valence-corrected chi connectivity index (χ1v) is 8.16. The summed E-state index contributed by atoms with van der Waals surface area (Å²) in [5, 5.41) is 4.17. The van der Waals surface area contributed by atoms with Gasteiger partial charge in [-0.1, -0.05) is 6.07 Å². The van der Waals surface area contributed by atoms with E-state index in [-0.39, 0.29) is 12.1 Å². The average Bonchev–Trinajstić information content (AvgIpc) is 3.09. The first kappa shape index (κ1) is 16.0. The van der Waals surface area contributed by atoms with Crippen LogP contribution in [0.15, 0.2) is 40.9 Å². The lowest BCUT2D eigenvalue weighted by molar-refractivity contribution is 0.246. The predicted octanol–water partition coefficient (Wildman–Crippen LogP) is 2.52. The molecule has 0 aliphatic carbocycles. The van der Waals surface area contributed by atoms with Gasteiger partial charge in [0.1, 0.15) is 17.6 Å². The van der Waals surface area contributed by atoms with E-state index >= 15 is 0 Å². The smallest absolute Gasteiger partial charge is 0.170 e. The fourth-order valence-corrected chi connectivity index (χ4v) is 3.21. The highest BCUT2D eigenvalue weighted by Crippen LogP contribution is 2.38. The Morgan fingerprint density at radius 1 is 1.30 bits per heavy atom. The summed E-state index contributed by atoms with van der Waals surface area (Å²) in [6, 6.07) is 10.00. The van der Waals surface area contributed by atoms with Gasteiger partial charge in [0.25, 0.3) is 0 Å². The van der Waals surface area contributed by atoms with Crippen LogP contribution in [0.4, 0.5) is 0 Å². The number of furan rings is 1. The van der Waals surface area contributed by atoms with Gasteiger partial charge >= 0.3 is 0 Å². The lowest BCUT2D eigenvalue weighted by Gasteiger charge is -2.27. The molecule has 0 bridgehead atoms. The van der Waals surface area contributed by atoms with Gasteiger partial charge in [-0.2, -0.15) is 0 Å². The van der Waals surface area contributed by atoms with E-state index in [1.165, 1.54) is 0 Å². The van der Waals surface area contributed by atoms with Crippen LogP contribution in [0, 0.1) is 6.92 Å². The third-order valence-corrected chi connectivity index (χ3v) is 4.39. The van der Waals surface area contributed by atoms with Crippen LogP contribution in [0.1, 0.15) is 29.3 Å². The summed E-state index contributed by atoms with van der Waals surface area (Å²) >= 11 is 5.58. The number of hydrogen-bond acceptors (Lipinski definition) is 4. The molecule has 0 radical (unpaired) electrons. The summed E-state index contributed by atoms with van der Waals surface area (Å²) in [5.41, 5.74) is 0.973. The van der Waals surface area contributed by atoms with E-state index in [1.54, 1.807) is 0 Å². The zero-order chi connectivity index (χ0) is 16.4. The lowest BCUT2D eigenvalue weighted by atomic mass is 10.0. The van der Waals surface area contributed by atoms with Crippen LogP contribution in [0.25, 0.3) is 0 Å². The summed E-state index contributed by atoms with van der Waals surface area (Å²) in [5.74, 6) is 1.83. The van der Waals surface area contributed by atoms with Crippen molar-refractivity contribution < 1.29 is 4.42 Å². The minimum atomic E-state index is -0.00332. The van der Waals surface area contributed by atoms with Gasteiger partial charge in [0.15, 0.2) is 5.11 Å². The highest BCUT2D eigenvalue weighted by Gasteiger charge is 2.41. The molecule has 0 unspecified atom stereocenters. The maximum Gasteiger partial charge on any atom is 0.170 e. The summed E-state index contributed by atoms with van der Waals surface area (Å²) < 4.78 is 5.92. The van der Waals surface area contributed by atoms with Crippen molar-refractivity contribution in [3.05, 3.63) is 53.7 Å². The second-order valence-corrected chi connectivity index (χ2v) is 6.46. The van der Waals surface area contributed by atoms with E-state index in [0.29, 0.717) is 0 Å². The Labute approximate surface area is 142 Å². The Morgan fingerprint density at radius 2 is 2.13 bits per heavy atom. The van der Waals surface area contributed by atoms with Gasteiger partial charge in [0.2, 0.25) is 0 Å². The molecular weight excluding hydrogens is 308 g/mol. The van der Waals surface area contributed by atoms with Crippen LogP contribution in [-0.4, -0.2) is 47.1 Å². The monoisotopic (exact) mass is 330 g/mol. The minimum absolute atomic E-state index is 0.00332. The van der Waals surface area contributed by atoms with Crippen molar-refractivity contribution in [2.24, 2.45) is 0 Å². The van der Waals surface area contributed by atoms with Crippen LogP contribution in [-0.2, 0) is 0 Å². The number of likely N-dealkylation sites (N-methyl/N-ethyl adjacent to an activating group) is 1. The predicted molar refractivity (Wildman–Crippen MR) is 94.2 cm³/mol. The normalized spacial score (nSPS) is 21.0. The molecule has 0 amide bonds. The number of thiocarbonyl (C=S) groups is 1. The average molecular weight is 330 g/mol. The summed E-state index contributed by atoms with van der Waals surface area (Å²) in [6.07, 6.45) is 1.81. The van der Waals surface area contributed by atoms with Crippen molar-refractivity contribution in [1.29, 1.82) is 0 Å². The van der Waals surface area contributed by atoms with Crippen molar-refractivity contribution in [2.75, 3.05) is 27.2 Å². The first-order valence-electron chi connectivity index (χ1n) is 7.75.